The van der Waals surface area contributed by atoms with Gasteiger partial charge in [0.15, 0.2) is 11.8 Å². The lowest BCUT2D eigenvalue weighted by atomic mass is 9.97. The molecule has 1 heterocycles. The summed E-state index contributed by atoms with van der Waals surface area (Å²) in [7, 11) is 0. The molecule has 2 atom stereocenters. The number of ether oxygens (including phenoxy) is 2. The molecule has 2 aromatic rings. The van der Waals surface area contributed by atoms with Crippen molar-refractivity contribution >= 4 is 34.9 Å². The molecule has 43 heavy (non-hydrogen) atoms. The minimum Gasteiger partial charge on any atom is -0.461 e. The Bertz CT molecular complexity index is 1170. The summed E-state index contributed by atoms with van der Waals surface area (Å²) in [6.45, 7) is 10.4. The number of benzene rings is 1. The number of non-ortho nitro benzene ring substituents is 1. The number of carbonyl (C=O) groups excluding carboxylic acids is 3. The number of amides is 1. The van der Waals surface area contributed by atoms with E-state index in [2.05, 4.69) is 11.9 Å². The second kappa shape index (κ2) is 19.0. The van der Waals surface area contributed by atoms with Gasteiger partial charge in [-0.1, -0.05) is 65.5 Å². The second-order valence-corrected chi connectivity index (χ2v) is 11.5. The Kier molecular flexibility index (Phi) is 15.8. The maximum atomic E-state index is 13.4. The summed E-state index contributed by atoms with van der Waals surface area (Å²) in [5, 5.41) is 14.4. The summed E-state index contributed by atoms with van der Waals surface area (Å²) in [5.74, 6) is -1.33. The second-order valence-electron chi connectivity index (χ2n) is 10.6. The predicted molar refractivity (Wildman–Crippen MR) is 163 cm³/mol. The van der Waals surface area contributed by atoms with Gasteiger partial charge in [0.2, 0.25) is 5.91 Å². The Morgan fingerprint density at radius 2 is 1.72 bits per heavy atom. The van der Waals surface area contributed by atoms with Gasteiger partial charge in [-0.25, -0.2) is 14.8 Å². The Hall–Kier alpha value is -3.38. The van der Waals surface area contributed by atoms with E-state index in [4.69, 9.17) is 14.3 Å². The van der Waals surface area contributed by atoms with Crippen molar-refractivity contribution in [3.63, 3.8) is 0 Å². The number of hydroxylamine groups is 2. The summed E-state index contributed by atoms with van der Waals surface area (Å²) < 4.78 is 11.0. The molecular formula is C31H45N3O8S. The molecule has 0 saturated carbocycles. The monoisotopic (exact) mass is 619 g/mol. The van der Waals surface area contributed by atoms with Crippen LogP contribution in [0.15, 0.2) is 29.6 Å². The molecule has 0 aliphatic heterocycles. The highest BCUT2D eigenvalue weighted by molar-refractivity contribution is 7.09. The van der Waals surface area contributed by atoms with E-state index in [9.17, 15) is 24.5 Å². The standard InChI is InChI=1S/C31H45N3O8S/c1-6-9-11-12-18-41-33(28(35)13-10-7-2)26(22(4)5)20-27(30-32-25(21-43-30)31(37)40-8-3)42-29(36)19-23-14-16-24(17-15-23)34(38)39/h14-17,21-22,26-27H,6-13,18-20H2,1-5H3. The lowest BCUT2D eigenvalue weighted by molar-refractivity contribution is -0.384. The molecule has 0 N–H and O–H groups in total. The fourth-order valence-corrected chi connectivity index (χ4v) is 5.21. The molecule has 0 fully saturated rings. The van der Waals surface area contributed by atoms with Crippen LogP contribution in [0.3, 0.4) is 0 Å². The zero-order valence-corrected chi connectivity index (χ0v) is 26.7. The van der Waals surface area contributed by atoms with E-state index in [1.54, 1.807) is 12.3 Å². The van der Waals surface area contributed by atoms with Gasteiger partial charge < -0.3 is 9.47 Å². The van der Waals surface area contributed by atoms with E-state index >= 15 is 0 Å². The Labute approximate surface area is 258 Å². The third kappa shape index (κ3) is 12.0. The Morgan fingerprint density at radius 1 is 1.02 bits per heavy atom. The molecule has 12 heteroatoms. The number of thiazole rings is 1. The van der Waals surface area contributed by atoms with Gasteiger partial charge in [0.25, 0.3) is 5.69 Å². The molecule has 0 radical (unpaired) electrons. The molecule has 1 aromatic carbocycles. The molecule has 0 aliphatic carbocycles. The average Bonchev–Trinajstić information content (AvgIpc) is 3.47. The van der Waals surface area contributed by atoms with Crippen molar-refractivity contribution < 1.29 is 33.6 Å². The van der Waals surface area contributed by atoms with Crippen LogP contribution in [0, 0.1) is 16.0 Å². The molecule has 1 amide bonds. The summed E-state index contributed by atoms with van der Waals surface area (Å²) in [6, 6.07) is 5.24. The highest BCUT2D eigenvalue weighted by Gasteiger charge is 2.34. The van der Waals surface area contributed by atoms with Crippen LogP contribution in [0.4, 0.5) is 5.69 Å². The van der Waals surface area contributed by atoms with Crippen LogP contribution in [0.2, 0.25) is 0 Å². The lowest BCUT2D eigenvalue weighted by Crippen LogP contribution is -2.44. The number of nitrogens with zero attached hydrogens (tertiary/aromatic N) is 3. The number of aromatic nitrogens is 1. The van der Waals surface area contributed by atoms with E-state index in [1.807, 2.05) is 20.8 Å². The number of hydrogen-bond donors (Lipinski definition) is 0. The Balaban J connectivity index is 2.35. The molecule has 0 bridgehead atoms. The van der Waals surface area contributed by atoms with E-state index in [-0.39, 0.29) is 42.7 Å². The van der Waals surface area contributed by atoms with E-state index in [1.165, 1.54) is 40.7 Å². The number of carbonyl (C=O) groups is 3. The zero-order chi connectivity index (χ0) is 31.8. The third-order valence-corrected chi connectivity index (χ3v) is 7.73. The van der Waals surface area contributed by atoms with Gasteiger partial charge in [-0.05, 0) is 31.2 Å². The molecule has 0 aliphatic rings. The minimum absolute atomic E-state index is 0.0541. The van der Waals surface area contributed by atoms with Crippen LogP contribution in [0.1, 0.15) is 113 Å². The van der Waals surface area contributed by atoms with Crippen LogP contribution in [0.25, 0.3) is 0 Å². The first-order valence-corrected chi connectivity index (χ1v) is 16.0. The molecular weight excluding hydrogens is 574 g/mol. The molecule has 11 nitrogen and oxygen atoms in total. The van der Waals surface area contributed by atoms with Crippen LogP contribution < -0.4 is 0 Å². The largest absolute Gasteiger partial charge is 0.461 e. The lowest BCUT2D eigenvalue weighted by Gasteiger charge is -2.35. The molecule has 0 spiro atoms. The maximum absolute atomic E-state index is 13.4. The molecule has 2 rings (SSSR count). The van der Waals surface area contributed by atoms with Crippen molar-refractivity contribution in [2.24, 2.45) is 5.92 Å². The van der Waals surface area contributed by atoms with Crippen LogP contribution in [-0.2, 0) is 30.3 Å². The molecule has 238 valence electrons. The van der Waals surface area contributed by atoms with Crippen molar-refractivity contribution in [3.8, 4) is 0 Å². The third-order valence-electron chi connectivity index (χ3n) is 6.80. The smallest absolute Gasteiger partial charge is 0.357 e. The number of esters is 2. The van der Waals surface area contributed by atoms with Gasteiger partial charge in [0.05, 0.1) is 30.6 Å². The van der Waals surface area contributed by atoms with Crippen molar-refractivity contribution in [3.05, 3.63) is 56.0 Å². The van der Waals surface area contributed by atoms with Gasteiger partial charge in [-0.3, -0.25) is 24.5 Å². The number of nitro benzene ring substituents is 1. The summed E-state index contributed by atoms with van der Waals surface area (Å²) in [4.78, 5) is 59.9. The summed E-state index contributed by atoms with van der Waals surface area (Å²) in [6.07, 6.45) is 5.11. The number of unbranched alkanes of at least 4 members (excludes halogenated alkanes) is 4. The van der Waals surface area contributed by atoms with Gasteiger partial charge in [0.1, 0.15) is 5.01 Å². The van der Waals surface area contributed by atoms with Gasteiger partial charge in [-0.15, -0.1) is 11.3 Å². The SMILES string of the molecule is CCCCCCON(C(=O)CCCC)C(CC(OC(=O)Cc1ccc([N+](=O)[O-])cc1)c1nc(C(=O)OCC)cs1)C(C)C. The first-order valence-electron chi connectivity index (χ1n) is 15.1. The maximum Gasteiger partial charge on any atom is 0.357 e. The van der Waals surface area contributed by atoms with Gasteiger partial charge >= 0.3 is 11.9 Å². The zero-order valence-electron chi connectivity index (χ0n) is 25.9. The van der Waals surface area contributed by atoms with Crippen molar-refractivity contribution in [2.45, 2.75) is 105 Å². The number of nitro groups is 1. The minimum atomic E-state index is -0.878. The highest BCUT2D eigenvalue weighted by Crippen LogP contribution is 2.32. The number of rotatable bonds is 20. The van der Waals surface area contributed by atoms with E-state index < -0.39 is 29.0 Å². The highest BCUT2D eigenvalue weighted by atomic mass is 32.1. The van der Waals surface area contributed by atoms with Crippen molar-refractivity contribution in [1.82, 2.24) is 10.0 Å². The van der Waals surface area contributed by atoms with E-state index in [0.717, 1.165) is 38.5 Å². The van der Waals surface area contributed by atoms with Gasteiger partial charge in [0, 0.05) is 30.4 Å². The topological polar surface area (TPSA) is 138 Å². The van der Waals surface area contributed by atoms with Crippen molar-refractivity contribution in [2.75, 3.05) is 13.2 Å². The van der Waals surface area contributed by atoms with Crippen LogP contribution >= 0.6 is 11.3 Å². The predicted octanol–water partition coefficient (Wildman–Crippen LogP) is 7.00. The first kappa shape index (κ1) is 35.8. The fourth-order valence-electron chi connectivity index (χ4n) is 4.38. The van der Waals surface area contributed by atoms with Crippen LogP contribution in [0.5, 0.6) is 0 Å². The first-order chi connectivity index (χ1) is 20.6. The number of hydrogen-bond acceptors (Lipinski definition) is 10. The van der Waals surface area contributed by atoms with E-state index in [0.29, 0.717) is 23.6 Å². The Morgan fingerprint density at radius 3 is 2.33 bits per heavy atom. The van der Waals surface area contributed by atoms with Crippen molar-refractivity contribution in [1.29, 1.82) is 0 Å². The molecule has 0 saturated heterocycles. The van der Waals surface area contributed by atoms with Gasteiger partial charge in [-0.2, -0.15) is 0 Å². The summed E-state index contributed by atoms with van der Waals surface area (Å²) in [5.41, 5.74) is 0.585. The average molecular weight is 620 g/mol. The van der Waals surface area contributed by atoms with Crippen LogP contribution in [-0.4, -0.2) is 52.1 Å². The normalized spacial score (nSPS) is 12.5. The quantitative estimate of drug-likeness (QED) is 0.0663. The molecule has 2 unspecified atom stereocenters. The summed E-state index contributed by atoms with van der Waals surface area (Å²) >= 11 is 1.17. The fraction of sp³-hybridized carbons (Fsp3) is 0.613. The molecule has 1 aromatic heterocycles.